The van der Waals surface area contributed by atoms with E-state index in [2.05, 4.69) is 15.9 Å². The van der Waals surface area contributed by atoms with Crippen molar-refractivity contribution >= 4 is 15.9 Å². The third-order valence-corrected chi connectivity index (χ3v) is 2.61. The molecule has 1 rings (SSSR count). The Hall–Kier alpha value is -0.610. The molecule has 0 amide bonds. The maximum Gasteiger partial charge on any atom is 0.123 e. The first-order valence-electron chi connectivity index (χ1n) is 5.28. The summed E-state index contributed by atoms with van der Waals surface area (Å²) in [6.45, 7) is 2.28. The Morgan fingerprint density at radius 3 is 2.50 bits per heavy atom. The molecule has 0 aromatic heterocycles. The molecule has 1 aromatic carbocycles. The number of rotatable bonds is 6. The number of aliphatic hydroxyl groups excluding tert-OH is 1. The minimum absolute atomic E-state index is 0.241. The molecule has 1 N–H and O–H groups in total. The van der Waals surface area contributed by atoms with E-state index in [4.69, 9.17) is 4.74 Å². The monoisotopic (exact) mass is 290 g/mol. The van der Waals surface area contributed by atoms with Gasteiger partial charge in [-0.1, -0.05) is 22.9 Å². The lowest BCUT2D eigenvalue weighted by Crippen LogP contribution is -2.18. The van der Waals surface area contributed by atoms with Crippen LogP contribution in [0.15, 0.2) is 24.3 Å². The Morgan fingerprint density at radius 1 is 1.31 bits per heavy atom. The van der Waals surface area contributed by atoms with Gasteiger partial charge >= 0.3 is 0 Å². The summed E-state index contributed by atoms with van der Waals surface area (Å²) in [5.41, 5.74) is 0. The minimum atomic E-state index is -0.481. The smallest absolute Gasteiger partial charge is 0.123 e. The number of halogens is 2. The lowest BCUT2D eigenvalue weighted by atomic mass is 10.2. The quantitative estimate of drug-likeness (QED) is 0.816. The molecule has 2 unspecified atom stereocenters. The fourth-order valence-electron chi connectivity index (χ4n) is 1.23. The highest BCUT2D eigenvalue weighted by Gasteiger charge is 2.07. The molecule has 90 valence electrons. The summed E-state index contributed by atoms with van der Waals surface area (Å²) in [4.78, 5) is 0.396. The molecular weight excluding hydrogens is 275 g/mol. The topological polar surface area (TPSA) is 29.5 Å². The molecule has 0 saturated carbocycles. The van der Waals surface area contributed by atoms with Gasteiger partial charge in [0.1, 0.15) is 18.2 Å². The lowest BCUT2D eigenvalue weighted by molar-refractivity contribution is 0.0984. The average Bonchev–Trinajstić information content (AvgIpc) is 2.25. The highest BCUT2D eigenvalue weighted by atomic mass is 79.9. The van der Waals surface area contributed by atoms with E-state index >= 15 is 0 Å². The van der Waals surface area contributed by atoms with Crippen molar-refractivity contribution in [2.45, 2.75) is 30.7 Å². The van der Waals surface area contributed by atoms with Gasteiger partial charge in [0.2, 0.25) is 0 Å². The van der Waals surface area contributed by atoms with Crippen molar-refractivity contribution in [2.75, 3.05) is 6.61 Å². The van der Waals surface area contributed by atoms with E-state index in [1.54, 1.807) is 12.1 Å². The fraction of sp³-hybridized carbons (Fsp3) is 0.500. The summed E-state index contributed by atoms with van der Waals surface area (Å²) in [6.07, 6.45) is 1.10. The predicted molar refractivity (Wildman–Crippen MR) is 65.5 cm³/mol. The number of hydrogen-bond acceptors (Lipinski definition) is 2. The van der Waals surface area contributed by atoms with Gasteiger partial charge in [-0.3, -0.25) is 0 Å². The van der Waals surface area contributed by atoms with Crippen molar-refractivity contribution in [3.63, 3.8) is 0 Å². The maximum atomic E-state index is 12.6. The van der Waals surface area contributed by atoms with Crippen LogP contribution in [-0.2, 0) is 0 Å². The molecule has 2 nitrogen and oxygen atoms in total. The standard InChI is InChI=1S/C12H16BrFO2/c1-9(13)2-5-11(15)8-16-12-6-3-10(14)4-7-12/h3-4,6-7,9,11,15H,2,5,8H2,1H3. The molecule has 2 atom stereocenters. The number of hydrogen-bond donors (Lipinski definition) is 1. The molecule has 0 aliphatic heterocycles. The van der Waals surface area contributed by atoms with E-state index in [9.17, 15) is 9.50 Å². The minimum Gasteiger partial charge on any atom is -0.491 e. The highest BCUT2D eigenvalue weighted by Crippen LogP contribution is 2.13. The Kier molecular flexibility index (Phi) is 5.77. The van der Waals surface area contributed by atoms with E-state index in [1.807, 2.05) is 6.92 Å². The van der Waals surface area contributed by atoms with E-state index in [1.165, 1.54) is 12.1 Å². The van der Waals surface area contributed by atoms with E-state index < -0.39 is 6.10 Å². The molecule has 0 aliphatic rings. The Bertz CT molecular complexity index is 300. The summed E-state index contributed by atoms with van der Waals surface area (Å²) in [6, 6.07) is 5.77. The number of ether oxygens (including phenoxy) is 1. The number of benzene rings is 1. The van der Waals surface area contributed by atoms with Crippen LogP contribution in [0.2, 0.25) is 0 Å². The van der Waals surface area contributed by atoms with E-state index in [-0.39, 0.29) is 12.4 Å². The largest absolute Gasteiger partial charge is 0.491 e. The van der Waals surface area contributed by atoms with Crippen LogP contribution in [0.4, 0.5) is 4.39 Å². The number of alkyl halides is 1. The second kappa shape index (κ2) is 6.86. The van der Waals surface area contributed by atoms with Crippen molar-refractivity contribution in [3.05, 3.63) is 30.1 Å². The molecular formula is C12H16BrFO2. The SMILES string of the molecule is CC(Br)CCC(O)COc1ccc(F)cc1. The van der Waals surface area contributed by atoms with E-state index in [0.29, 0.717) is 17.0 Å². The van der Waals surface area contributed by atoms with Crippen LogP contribution in [0.1, 0.15) is 19.8 Å². The molecule has 0 radical (unpaired) electrons. The Balaban J connectivity index is 2.26. The molecule has 16 heavy (non-hydrogen) atoms. The zero-order valence-electron chi connectivity index (χ0n) is 9.20. The van der Waals surface area contributed by atoms with Crippen LogP contribution in [0.5, 0.6) is 5.75 Å². The molecule has 1 aromatic rings. The molecule has 0 fully saturated rings. The van der Waals surface area contributed by atoms with Gasteiger partial charge in [-0.25, -0.2) is 4.39 Å². The van der Waals surface area contributed by atoms with E-state index in [0.717, 1.165) is 6.42 Å². The van der Waals surface area contributed by atoms with Gasteiger partial charge in [0.25, 0.3) is 0 Å². The summed E-state index contributed by atoms with van der Waals surface area (Å²) >= 11 is 3.41. The highest BCUT2D eigenvalue weighted by molar-refractivity contribution is 9.09. The summed E-state index contributed by atoms with van der Waals surface area (Å²) in [5.74, 6) is 0.286. The molecule has 0 saturated heterocycles. The van der Waals surface area contributed by atoms with Crippen LogP contribution < -0.4 is 4.74 Å². The van der Waals surface area contributed by atoms with Crippen molar-refractivity contribution in [3.8, 4) is 5.75 Å². The van der Waals surface area contributed by atoms with Gasteiger partial charge in [-0.2, -0.15) is 0 Å². The third kappa shape index (κ3) is 5.47. The first kappa shape index (κ1) is 13.5. The predicted octanol–water partition coefficient (Wildman–Crippen LogP) is 3.13. The molecule has 0 heterocycles. The average molecular weight is 291 g/mol. The third-order valence-electron chi connectivity index (χ3n) is 2.15. The Morgan fingerprint density at radius 2 is 1.94 bits per heavy atom. The summed E-state index contributed by atoms with van der Waals surface area (Å²) in [5, 5.41) is 9.59. The normalized spacial score (nSPS) is 14.5. The molecule has 0 aliphatic carbocycles. The first-order chi connectivity index (χ1) is 7.58. The second-order valence-corrected chi connectivity index (χ2v) is 5.34. The van der Waals surface area contributed by atoms with Gasteiger partial charge in [-0.05, 0) is 37.1 Å². The zero-order chi connectivity index (χ0) is 12.0. The summed E-state index contributed by atoms with van der Waals surface area (Å²) < 4.78 is 17.9. The van der Waals surface area contributed by atoms with Crippen LogP contribution in [0.25, 0.3) is 0 Å². The van der Waals surface area contributed by atoms with Gasteiger partial charge in [0.15, 0.2) is 0 Å². The van der Waals surface area contributed by atoms with Crippen LogP contribution >= 0.6 is 15.9 Å². The molecule has 0 bridgehead atoms. The first-order valence-corrected chi connectivity index (χ1v) is 6.20. The van der Waals surface area contributed by atoms with Gasteiger partial charge in [-0.15, -0.1) is 0 Å². The molecule has 4 heteroatoms. The van der Waals surface area contributed by atoms with Crippen LogP contribution in [0, 0.1) is 5.82 Å². The Labute approximate surface area is 104 Å². The van der Waals surface area contributed by atoms with Crippen LogP contribution in [0.3, 0.4) is 0 Å². The van der Waals surface area contributed by atoms with Crippen molar-refractivity contribution < 1.29 is 14.2 Å². The van der Waals surface area contributed by atoms with Gasteiger partial charge in [0.05, 0.1) is 6.10 Å². The fourth-order valence-corrected chi connectivity index (χ4v) is 1.49. The van der Waals surface area contributed by atoms with Crippen LogP contribution in [-0.4, -0.2) is 22.6 Å². The van der Waals surface area contributed by atoms with Gasteiger partial charge in [0, 0.05) is 4.83 Å². The van der Waals surface area contributed by atoms with Crippen molar-refractivity contribution in [2.24, 2.45) is 0 Å². The second-order valence-electron chi connectivity index (χ2n) is 3.78. The zero-order valence-corrected chi connectivity index (χ0v) is 10.8. The molecule has 0 spiro atoms. The maximum absolute atomic E-state index is 12.6. The number of aliphatic hydroxyl groups is 1. The van der Waals surface area contributed by atoms with Gasteiger partial charge < -0.3 is 9.84 Å². The summed E-state index contributed by atoms with van der Waals surface area (Å²) in [7, 11) is 0. The van der Waals surface area contributed by atoms with Crippen molar-refractivity contribution in [1.82, 2.24) is 0 Å². The lowest BCUT2D eigenvalue weighted by Gasteiger charge is -2.12. The van der Waals surface area contributed by atoms with Crippen molar-refractivity contribution in [1.29, 1.82) is 0 Å².